The molecule has 2 heteroatoms. The standard InChI is InChI=1S/C11H15NS/c1-7(2)9-5-10(8(3)4)13-11(9)6-12/h5,7-8H,1-4H3. The van der Waals surface area contributed by atoms with E-state index in [1.54, 1.807) is 11.3 Å². The molecule has 0 bridgehead atoms. The molecule has 0 aliphatic rings. The van der Waals surface area contributed by atoms with Gasteiger partial charge in [0.2, 0.25) is 0 Å². The topological polar surface area (TPSA) is 23.8 Å². The van der Waals surface area contributed by atoms with Crippen molar-refractivity contribution in [2.75, 3.05) is 0 Å². The first-order valence-corrected chi connectivity index (χ1v) is 5.41. The van der Waals surface area contributed by atoms with Crippen molar-refractivity contribution < 1.29 is 0 Å². The second kappa shape index (κ2) is 3.93. The highest BCUT2D eigenvalue weighted by molar-refractivity contribution is 7.12. The Balaban J connectivity index is 3.14. The molecule has 0 aliphatic heterocycles. The number of hydrogen-bond acceptors (Lipinski definition) is 2. The quantitative estimate of drug-likeness (QED) is 0.699. The van der Waals surface area contributed by atoms with Gasteiger partial charge in [0.05, 0.1) is 0 Å². The van der Waals surface area contributed by atoms with E-state index < -0.39 is 0 Å². The lowest BCUT2D eigenvalue weighted by Gasteiger charge is -2.00. The zero-order valence-electron chi connectivity index (χ0n) is 8.59. The van der Waals surface area contributed by atoms with E-state index in [1.165, 1.54) is 10.4 Å². The van der Waals surface area contributed by atoms with Crippen LogP contribution in [0.1, 0.15) is 54.8 Å². The van der Waals surface area contributed by atoms with E-state index in [9.17, 15) is 0 Å². The Morgan fingerprint density at radius 3 is 2.15 bits per heavy atom. The molecule has 0 radical (unpaired) electrons. The molecule has 0 amide bonds. The fraction of sp³-hybridized carbons (Fsp3) is 0.545. The minimum Gasteiger partial charge on any atom is -0.192 e. The number of nitrogens with zero attached hydrogens (tertiary/aromatic N) is 1. The smallest absolute Gasteiger partial charge is 0.110 e. The lowest BCUT2D eigenvalue weighted by molar-refractivity contribution is 0.854. The summed E-state index contributed by atoms with van der Waals surface area (Å²) in [5.74, 6) is 0.989. The van der Waals surface area contributed by atoms with Crippen molar-refractivity contribution in [3.05, 3.63) is 21.4 Å². The van der Waals surface area contributed by atoms with Gasteiger partial charge in [0.15, 0.2) is 0 Å². The highest BCUT2D eigenvalue weighted by atomic mass is 32.1. The van der Waals surface area contributed by atoms with Crippen LogP contribution in [0, 0.1) is 11.3 Å². The number of nitriles is 1. The number of thiophene rings is 1. The predicted molar refractivity (Wildman–Crippen MR) is 57.2 cm³/mol. The van der Waals surface area contributed by atoms with E-state index in [2.05, 4.69) is 39.8 Å². The monoisotopic (exact) mass is 193 g/mol. The Morgan fingerprint density at radius 1 is 1.23 bits per heavy atom. The second-order valence-electron chi connectivity index (χ2n) is 3.85. The zero-order chi connectivity index (χ0) is 10.0. The van der Waals surface area contributed by atoms with Gasteiger partial charge in [0.25, 0.3) is 0 Å². The third kappa shape index (κ3) is 2.10. The molecule has 0 saturated carbocycles. The maximum atomic E-state index is 8.92. The molecule has 1 aromatic heterocycles. The molecule has 70 valence electrons. The van der Waals surface area contributed by atoms with Crippen molar-refractivity contribution >= 4 is 11.3 Å². The van der Waals surface area contributed by atoms with Crippen LogP contribution in [-0.4, -0.2) is 0 Å². The Labute approximate surface area is 84.0 Å². The van der Waals surface area contributed by atoms with E-state index in [0.717, 1.165) is 4.88 Å². The fourth-order valence-electron chi connectivity index (χ4n) is 1.23. The second-order valence-corrected chi connectivity index (χ2v) is 4.94. The molecule has 0 aliphatic carbocycles. The molecule has 0 N–H and O–H groups in total. The number of hydrogen-bond donors (Lipinski definition) is 0. The fourth-order valence-corrected chi connectivity index (χ4v) is 2.34. The lowest BCUT2D eigenvalue weighted by atomic mass is 10.0. The minimum atomic E-state index is 0.457. The van der Waals surface area contributed by atoms with Gasteiger partial charge in [-0.05, 0) is 23.5 Å². The van der Waals surface area contributed by atoms with E-state index in [0.29, 0.717) is 11.8 Å². The molecular weight excluding hydrogens is 178 g/mol. The van der Waals surface area contributed by atoms with E-state index in [-0.39, 0.29) is 0 Å². The van der Waals surface area contributed by atoms with Crippen LogP contribution in [0.15, 0.2) is 6.07 Å². The molecule has 1 heterocycles. The molecule has 1 aromatic rings. The van der Waals surface area contributed by atoms with Crippen LogP contribution in [-0.2, 0) is 0 Å². The molecule has 1 nitrogen and oxygen atoms in total. The summed E-state index contributed by atoms with van der Waals surface area (Å²) in [5.41, 5.74) is 1.20. The largest absolute Gasteiger partial charge is 0.192 e. The van der Waals surface area contributed by atoms with Gasteiger partial charge in [0, 0.05) is 4.88 Å². The lowest BCUT2D eigenvalue weighted by Crippen LogP contribution is -1.86. The first-order chi connectivity index (χ1) is 6.06. The molecule has 0 saturated heterocycles. The first kappa shape index (κ1) is 10.3. The summed E-state index contributed by atoms with van der Waals surface area (Å²) in [4.78, 5) is 2.21. The highest BCUT2D eigenvalue weighted by Crippen LogP contribution is 2.31. The normalized spacial score (nSPS) is 10.8. The Morgan fingerprint density at radius 2 is 1.85 bits per heavy atom. The Kier molecular flexibility index (Phi) is 3.11. The van der Waals surface area contributed by atoms with Gasteiger partial charge in [-0.2, -0.15) is 5.26 Å². The summed E-state index contributed by atoms with van der Waals surface area (Å²) in [6.07, 6.45) is 0. The van der Waals surface area contributed by atoms with Crippen LogP contribution in [0.2, 0.25) is 0 Å². The van der Waals surface area contributed by atoms with E-state index >= 15 is 0 Å². The van der Waals surface area contributed by atoms with Crippen LogP contribution in [0.5, 0.6) is 0 Å². The predicted octanol–water partition coefficient (Wildman–Crippen LogP) is 3.87. The third-order valence-corrected chi connectivity index (χ3v) is 3.43. The molecule has 0 spiro atoms. The number of rotatable bonds is 2. The van der Waals surface area contributed by atoms with Crippen molar-refractivity contribution in [2.45, 2.75) is 39.5 Å². The molecule has 0 aromatic carbocycles. The summed E-state index contributed by atoms with van der Waals surface area (Å²) in [5, 5.41) is 8.92. The zero-order valence-corrected chi connectivity index (χ0v) is 9.40. The summed E-state index contributed by atoms with van der Waals surface area (Å²) >= 11 is 1.63. The highest BCUT2D eigenvalue weighted by Gasteiger charge is 2.13. The SMILES string of the molecule is CC(C)c1cc(C(C)C)c(C#N)s1. The van der Waals surface area contributed by atoms with Crippen LogP contribution < -0.4 is 0 Å². The van der Waals surface area contributed by atoms with Crippen molar-refractivity contribution in [3.8, 4) is 6.07 Å². The average molecular weight is 193 g/mol. The average Bonchev–Trinajstić information content (AvgIpc) is 2.47. The van der Waals surface area contributed by atoms with Crippen molar-refractivity contribution in [1.82, 2.24) is 0 Å². The third-order valence-electron chi connectivity index (χ3n) is 2.07. The summed E-state index contributed by atoms with van der Waals surface area (Å²) < 4.78 is 0. The van der Waals surface area contributed by atoms with Gasteiger partial charge in [0.1, 0.15) is 10.9 Å². The summed E-state index contributed by atoms with van der Waals surface area (Å²) in [6.45, 7) is 8.59. The van der Waals surface area contributed by atoms with E-state index in [1.807, 2.05) is 0 Å². The van der Waals surface area contributed by atoms with Crippen LogP contribution in [0.4, 0.5) is 0 Å². The summed E-state index contributed by atoms with van der Waals surface area (Å²) in [6, 6.07) is 4.45. The van der Waals surface area contributed by atoms with Crippen molar-refractivity contribution in [2.24, 2.45) is 0 Å². The molecule has 0 atom stereocenters. The molecule has 0 fully saturated rings. The van der Waals surface area contributed by atoms with Crippen LogP contribution in [0.25, 0.3) is 0 Å². The van der Waals surface area contributed by atoms with E-state index in [4.69, 9.17) is 5.26 Å². The van der Waals surface area contributed by atoms with Gasteiger partial charge < -0.3 is 0 Å². The first-order valence-electron chi connectivity index (χ1n) is 4.60. The van der Waals surface area contributed by atoms with Gasteiger partial charge >= 0.3 is 0 Å². The molecule has 0 unspecified atom stereocenters. The maximum absolute atomic E-state index is 8.92. The summed E-state index contributed by atoms with van der Waals surface area (Å²) in [7, 11) is 0. The van der Waals surface area contributed by atoms with Crippen molar-refractivity contribution in [3.63, 3.8) is 0 Å². The van der Waals surface area contributed by atoms with Crippen LogP contribution in [0.3, 0.4) is 0 Å². The maximum Gasteiger partial charge on any atom is 0.110 e. The van der Waals surface area contributed by atoms with Crippen molar-refractivity contribution in [1.29, 1.82) is 5.26 Å². The van der Waals surface area contributed by atoms with Gasteiger partial charge in [-0.25, -0.2) is 0 Å². The Hall–Kier alpha value is -0.810. The molecule has 13 heavy (non-hydrogen) atoms. The van der Waals surface area contributed by atoms with Gasteiger partial charge in [-0.15, -0.1) is 11.3 Å². The Bertz CT molecular complexity index is 328. The van der Waals surface area contributed by atoms with Gasteiger partial charge in [-0.1, -0.05) is 27.7 Å². The molecular formula is C11H15NS. The van der Waals surface area contributed by atoms with Crippen LogP contribution >= 0.6 is 11.3 Å². The molecule has 1 rings (SSSR count). The minimum absolute atomic E-state index is 0.457. The van der Waals surface area contributed by atoms with Gasteiger partial charge in [-0.3, -0.25) is 0 Å².